The lowest BCUT2D eigenvalue weighted by atomic mass is 9.94. The van der Waals surface area contributed by atoms with E-state index in [9.17, 15) is 14.4 Å². The van der Waals surface area contributed by atoms with Gasteiger partial charge < -0.3 is 20.3 Å². The summed E-state index contributed by atoms with van der Waals surface area (Å²) < 4.78 is 5.37. The van der Waals surface area contributed by atoms with E-state index < -0.39 is 23.8 Å². The van der Waals surface area contributed by atoms with Crippen LogP contribution in [-0.4, -0.2) is 41.0 Å². The molecule has 7 nitrogen and oxygen atoms in total. The molecule has 39 heavy (non-hydrogen) atoms. The van der Waals surface area contributed by atoms with E-state index in [1.54, 1.807) is 38.7 Å². The number of amides is 3. The molecule has 0 saturated heterocycles. The number of hydrogen-bond acceptors (Lipinski definition) is 4. The lowest BCUT2D eigenvalue weighted by Crippen LogP contribution is -2.51. The molecule has 0 aromatic heterocycles. The highest BCUT2D eigenvalue weighted by molar-refractivity contribution is 6.34. The Morgan fingerprint density at radius 2 is 1.62 bits per heavy atom. The van der Waals surface area contributed by atoms with Crippen molar-refractivity contribution >= 4 is 35.2 Å². The number of halogens is 1. The molecule has 2 aromatic carbocycles. The monoisotopic (exact) mass is 557 g/mol. The number of anilines is 1. The van der Waals surface area contributed by atoms with E-state index in [0.717, 1.165) is 47.9 Å². The van der Waals surface area contributed by atoms with Gasteiger partial charge in [0.25, 0.3) is 5.91 Å². The van der Waals surface area contributed by atoms with Gasteiger partial charge in [-0.25, -0.2) is 4.79 Å². The first kappa shape index (κ1) is 32.2. The fourth-order valence-electron chi connectivity index (χ4n) is 4.37. The number of nitrogens with zero attached hydrogens (tertiary/aromatic N) is 1. The van der Waals surface area contributed by atoms with E-state index >= 15 is 0 Å². The van der Waals surface area contributed by atoms with Crippen molar-refractivity contribution in [2.24, 2.45) is 0 Å². The summed E-state index contributed by atoms with van der Waals surface area (Å²) in [5.74, 6) is -0.734. The number of benzene rings is 2. The Kier molecular flexibility index (Phi) is 11.8. The molecule has 2 atom stereocenters. The molecule has 0 aliphatic heterocycles. The lowest BCUT2D eigenvalue weighted by Gasteiger charge is -2.35. The van der Waals surface area contributed by atoms with Gasteiger partial charge in [-0.15, -0.1) is 0 Å². The van der Waals surface area contributed by atoms with Crippen molar-refractivity contribution in [3.8, 4) is 0 Å². The first-order valence-electron chi connectivity index (χ1n) is 13.7. The van der Waals surface area contributed by atoms with Gasteiger partial charge in [0.05, 0.1) is 10.7 Å². The standard InChI is InChI=1S/C31H44ClN3O4/c1-9-10-11-12-19-35(29(37)23(5)33-30(38)39-31(6,7)8)27(24-17-13-15-20(2)22(24)4)28(36)34-26-21(3)16-14-18-25(26)32/h13-18,23,27H,9-12,19H2,1-8H3,(H,33,38)(H,34,36). The largest absolute Gasteiger partial charge is 0.444 e. The highest BCUT2D eigenvalue weighted by Gasteiger charge is 2.35. The third-order valence-electron chi connectivity index (χ3n) is 6.61. The molecule has 0 heterocycles. The predicted molar refractivity (Wildman–Crippen MR) is 158 cm³/mol. The van der Waals surface area contributed by atoms with Gasteiger partial charge in [-0.2, -0.15) is 0 Å². The zero-order chi connectivity index (χ0) is 29.3. The predicted octanol–water partition coefficient (Wildman–Crippen LogP) is 7.27. The summed E-state index contributed by atoms with van der Waals surface area (Å²) in [6, 6.07) is 9.32. The Bertz CT molecular complexity index is 1140. The number of rotatable bonds is 11. The number of unbranched alkanes of at least 4 members (excludes halogenated alkanes) is 3. The fraction of sp³-hybridized carbons (Fsp3) is 0.516. The van der Waals surface area contributed by atoms with Gasteiger partial charge >= 0.3 is 6.09 Å². The molecule has 2 unspecified atom stereocenters. The zero-order valence-corrected chi connectivity index (χ0v) is 25.4. The van der Waals surface area contributed by atoms with E-state index in [0.29, 0.717) is 17.3 Å². The maximum atomic E-state index is 14.1. The Balaban J connectivity index is 2.54. The molecular weight excluding hydrogens is 514 g/mol. The first-order chi connectivity index (χ1) is 18.3. The normalized spacial score (nSPS) is 12.8. The van der Waals surface area contributed by atoms with Gasteiger partial charge in [0.15, 0.2) is 0 Å². The number of hydrogen-bond donors (Lipinski definition) is 2. The molecule has 0 radical (unpaired) electrons. The van der Waals surface area contributed by atoms with Crippen LogP contribution >= 0.6 is 11.6 Å². The number of carbonyl (C=O) groups excluding carboxylic acids is 3. The molecule has 0 aliphatic carbocycles. The quantitative estimate of drug-likeness (QED) is 0.284. The molecule has 3 amide bonds. The second-order valence-electron chi connectivity index (χ2n) is 11.1. The van der Waals surface area contributed by atoms with Crippen LogP contribution in [0.2, 0.25) is 5.02 Å². The highest BCUT2D eigenvalue weighted by Crippen LogP contribution is 2.31. The average Bonchev–Trinajstić information content (AvgIpc) is 2.84. The van der Waals surface area contributed by atoms with Crippen LogP contribution in [0.3, 0.4) is 0 Å². The summed E-state index contributed by atoms with van der Waals surface area (Å²) in [4.78, 5) is 42.1. The van der Waals surface area contributed by atoms with Crippen molar-refractivity contribution in [1.82, 2.24) is 10.2 Å². The molecule has 2 rings (SSSR count). The molecule has 0 saturated carbocycles. The molecule has 0 fully saturated rings. The van der Waals surface area contributed by atoms with Crippen LogP contribution in [0.5, 0.6) is 0 Å². The van der Waals surface area contributed by atoms with Crippen LogP contribution in [0.15, 0.2) is 36.4 Å². The molecule has 2 aromatic rings. The van der Waals surface area contributed by atoms with Gasteiger partial charge in [0.1, 0.15) is 17.7 Å². The third-order valence-corrected chi connectivity index (χ3v) is 6.93. The molecule has 0 aliphatic rings. The van der Waals surface area contributed by atoms with Gasteiger partial charge in [0.2, 0.25) is 5.91 Å². The maximum absolute atomic E-state index is 14.1. The van der Waals surface area contributed by atoms with Crippen LogP contribution in [0.1, 0.15) is 88.6 Å². The van der Waals surface area contributed by atoms with E-state index in [1.807, 2.05) is 51.1 Å². The van der Waals surface area contributed by atoms with Gasteiger partial charge in [0, 0.05) is 6.54 Å². The fourth-order valence-corrected chi connectivity index (χ4v) is 4.64. The third kappa shape index (κ3) is 9.27. The number of para-hydroxylation sites is 1. The van der Waals surface area contributed by atoms with E-state index in [-0.39, 0.29) is 11.8 Å². The topological polar surface area (TPSA) is 87.7 Å². The van der Waals surface area contributed by atoms with Crippen molar-refractivity contribution < 1.29 is 19.1 Å². The Hall–Kier alpha value is -3.06. The Morgan fingerprint density at radius 1 is 0.974 bits per heavy atom. The summed E-state index contributed by atoms with van der Waals surface area (Å²) in [6.07, 6.45) is 3.01. The zero-order valence-electron chi connectivity index (χ0n) is 24.6. The van der Waals surface area contributed by atoms with Gasteiger partial charge in [-0.1, -0.05) is 68.1 Å². The van der Waals surface area contributed by atoms with Crippen molar-refractivity contribution in [1.29, 1.82) is 0 Å². The van der Waals surface area contributed by atoms with Crippen molar-refractivity contribution in [3.05, 3.63) is 63.7 Å². The minimum Gasteiger partial charge on any atom is -0.444 e. The minimum atomic E-state index is -0.933. The van der Waals surface area contributed by atoms with E-state index in [2.05, 4.69) is 17.6 Å². The Labute approximate surface area is 238 Å². The molecule has 0 bridgehead atoms. The number of carbonyl (C=O) groups is 3. The highest BCUT2D eigenvalue weighted by atomic mass is 35.5. The van der Waals surface area contributed by atoms with Crippen LogP contribution in [0.25, 0.3) is 0 Å². The second kappa shape index (κ2) is 14.4. The Morgan fingerprint density at radius 3 is 2.23 bits per heavy atom. The molecule has 0 spiro atoms. The molecule has 8 heteroatoms. The first-order valence-corrected chi connectivity index (χ1v) is 14.1. The number of nitrogens with one attached hydrogen (secondary N) is 2. The van der Waals surface area contributed by atoms with Crippen LogP contribution in [-0.2, 0) is 14.3 Å². The smallest absolute Gasteiger partial charge is 0.408 e. The average molecular weight is 558 g/mol. The summed E-state index contributed by atoms with van der Waals surface area (Å²) >= 11 is 6.45. The van der Waals surface area contributed by atoms with Crippen molar-refractivity contribution in [2.45, 2.75) is 98.8 Å². The maximum Gasteiger partial charge on any atom is 0.408 e. The van der Waals surface area contributed by atoms with Crippen LogP contribution in [0.4, 0.5) is 10.5 Å². The summed E-state index contributed by atoms with van der Waals surface area (Å²) in [5, 5.41) is 6.07. The number of alkyl carbamates (subject to hydrolysis) is 1. The van der Waals surface area contributed by atoms with Gasteiger partial charge in [-0.05, 0) is 83.2 Å². The molecular formula is C31H44ClN3O4. The number of aryl methyl sites for hydroxylation is 2. The molecule has 214 valence electrons. The number of ether oxygens (including phenoxy) is 1. The lowest BCUT2D eigenvalue weighted by molar-refractivity contribution is -0.140. The van der Waals surface area contributed by atoms with E-state index in [1.165, 1.54) is 0 Å². The summed E-state index contributed by atoms with van der Waals surface area (Å²) in [5.41, 5.74) is 3.28. The summed E-state index contributed by atoms with van der Waals surface area (Å²) in [6.45, 7) is 15.2. The van der Waals surface area contributed by atoms with Crippen LogP contribution < -0.4 is 10.6 Å². The van der Waals surface area contributed by atoms with Crippen molar-refractivity contribution in [3.63, 3.8) is 0 Å². The van der Waals surface area contributed by atoms with Crippen LogP contribution in [0, 0.1) is 20.8 Å². The van der Waals surface area contributed by atoms with Crippen molar-refractivity contribution in [2.75, 3.05) is 11.9 Å². The van der Waals surface area contributed by atoms with Gasteiger partial charge in [-0.3, -0.25) is 9.59 Å². The molecule has 2 N–H and O–H groups in total. The second-order valence-corrected chi connectivity index (χ2v) is 11.5. The van der Waals surface area contributed by atoms with E-state index in [4.69, 9.17) is 16.3 Å². The SMILES string of the molecule is CCCCCCN(C(=O)C(C)NC(=O)OC(C)(C)C)C(C(=O)Nc1c(C)cccc1Cl)c1cccc(C)c1C. The summed E-state index contributed by atoms with van der Waals surface area (Å²) in [7, 11) is 0. The minimum absolute atomic E-state index is 0.353.